The summed E-state index contributed by atoms with van der Waals surface area (Å²) >= 11 is 0. The number of para-hydroxylation sites is 1. The molecule has 0 aliphatic carbocycles. The van der Waals surface area contributed by atoms with Gasteiger partial charge in [-0.25, -0.2) is 4.79 Å². The molecule has 0 saturated carbocycles. The predicted octanol–water partition coefficient (Wildman–Crippen LogP) is 3.28. The Morgan fingerprint density at radius 1 is 1.00 bits per heavy atom. The van der Waals surface area contributed by atoms with Crippen LogP contribution in [0.3, 0.4) is 0 Å². The van der Waals surface area contributed by atoms with Crippen LogP contribution in [0.1, 0.15) is 24.3 Å². The summed E-state index contributed by atoms with van der Waals surface area (Å²) in [6.45, 7) is 2.08. The second kappa shape index (κ2) is 6.62. The van der Waals surface area contributed by atoms with Crippen LogP contribution in [0.5, 0.6) is 5.75 Å². The molecule has 2 aromatic rings. The van der Waals surface area contributed by atoms with Crippen molar-refractivity contribution in [3.63, 3.8) is 0 Å². The van der Waals surface area contributed by atoms with E-state index in [0.29, 0.717) is 11.7 Å². The zero-order valence-electron chi connectivity index (χ0n) is 12.4. The smallest absolute Gasteiger partial charge is 0.409 e. The summed E-state index contributed by atoms with van der Waals surface area (Å²) < 4.78 is 5.17. The Kier molecular flexibility index (Phi) is 4.39. The van der Waals surface area contributed by atoms with Crippen molar-refractivity contribution in [2.75, 3.05) is 13.1 Å². The lowest BCUT2D eigenvalue weighted by Gasteiger charge is -2.25. The molecule has 22 heavy (non-hydrogen) atoms. The number of piperidine rings is 1. The van der Waals surface area contributed by atoms with Gasteiger partial charge in [0.15, 0.2) is 0 Å². The molecule has 3 rings (SSSR count). The highest BCUT2D eigenvalue weighted by Gasteiger charge is 2.20. The number of amides is 1. The van der Waals surface area contributed by atoms with Crippen LogP contribution < -0.4 is 15.8 Å². The average Bonchev–Trinajstić information content (AvgIpc) is 2.56. The molecule has 0 bridgehead atoms. The lowest BCUT2D eigenvalue weighted by molar-refractivity contribution is 0.211. The van der Waals surface area contributed by atoms with Crippen molar-refractivity contribution in [1.29, 1.82) is 0 Å². The SMILES string of the molecule is NC(=O)Oc1ccccc1-c1ccccc1C1CCNCC1. The Bertz CT molecular complexity index is 664. The summed E-state index contributed by atoms with van der Waals surface area (Å²) in [7, 11) is 0. The van der Waals surface area contributed by atoms with E-state index in [-0.39, 0.29) is 0 Å². The van der Waals surface area contributed by atoms with Crippen molar-refractivity contribution in [2.24, 2.45) is 5.73 Å². The first-order valence-corrected chi connectivity index (χ1v) is 7.62. The molecule has 1 heterocycles. The molecule has 114 valence electrons. The van der Waals surface area contributed by atoms with Gasteiger partial charge >= 0.3 is 6.09 Å². The van der Waals surface area contributed by atoms with Gasteiger partial charge < -0.3 is 15.8 Å². The molecule has 0 aromatic heterocycles. The van der Waals surface area contributed by atoms with Gasteiger partial charge in [0, 0.05) is 5.56 Å². The van der Waals surface area contributed by atoms with Crippen molar-refractivity contribution in [1.82, 2.24) is 5.32 Å². The molecule has 4 heteroatoms. The van der Waals surface area contributed by atoms with Gasteiger partial charge in [-0.05, 0) is 49.0 Å². The number of primary amides is 1. The molecule has 1 saturated heterocycles. The summed E-state index contributed by atoms with van der Waals surface area (Å²) in [5.74, 6) is 1.04. The van der Waals surface area contributed by atoms with E-state index < -0.39 is 6.09 Å². The summed E-state index contributed by atoms with van der Waals surface area (Å²) in [6, 6.07) is 15.9. The van der Waals surface area contributed by atoms with Crippen LogP contribution in [0.2, 0.25) is 0 Å². The highest BCUT2D eigenvalue weighted by atomic mass is 16.5. The first-order chi connectivity index (χ1) is 10.8. The van der Waals surface area contributed by atoms with E-state index in [0.717, 1.165) is 37.1 Å². The number of nitrogens with one attached hydrogen (secondary N) is 1. The molecule has 1 aliphatic heterocycles. The summed E-state index contributed by atoms with van der Waals surface area (Å²) in [5, 5.41) is 3.40. The highest BCUT2D eigenvalue weighted by molar-refractivity contribution is 5.78. The number of carbonyl (C=O) groups excluding carboxylic acids is 1. The highest BCUT2D eigenvalue weighted by Crippen LogP contribution is 2.37. The van der Waals surface area contributed by atoms with Crippen LogP contribution in [-0.4, -0.2) is 19.2 Å². The van der Waals surface area contributed by atoms with E-state index in [9.17, 15) is 4.79 Å². The van der Waals surface area contributed by atoms with Crippen LogP contribution in [0.4, 0.5) is 4.79 Å². The first-order valence-electron chi connectivity index (χ1n) is 7.62. The minimum absolute atomic E-state index is 0.511. The van der Waals surface area contributed by atoms with E-state index >= 15 is 0 Å². The number of carbonyl (C=O) groups is 1. The van der Waals surface area contributed by atoms with Crippen LogP contribution in [0.15, 0.2) is 48.5 Å². The van der Waals surface area contributed by atoms with E-state index in [1.54, 1.807) is 6.07 Å². The van der Waals surface area contributed by atoms with Crippen molar-refractivity contribution in [3.05, 3.63) is 54.1 Å². The van der Waals surface area contributed by atoms with Gasteiger partial charge in [0.25, 0.3) is 0 Å². The fraction of sp³-hybridized carbons (Fsp3) is 0.278. The Labute approximate surface area is 130 Å². The molecule has 3 N–H and O–H groups in total. The number of hydrogen-bond acceptors (Lipinski definition) is 3. The molecule has 0 unspecified atom stereocenters. The molecular formula is C18H20N2O2. The maximum Gasteiger partial charge on any atom is 0.409 e. The Morgan fingerprint density at radius 2 is 1.64 bits per heavy atom. The third-order valence-corrected chi connectivity index (χ3v) is 4.13. The monoisotopic (exact) mass is 296 g/mol. The zero-order valence-corrected chi connectivity index (χ0v) is 12.4. The lowest BCUT2D eigenvalue weighted by Crippen LogP contribution is -2.26. The fourth-order valence-corrected chi connectivity index (χ4v) is 3.12. The molecule has 1 fully saturated rings. The minimum atomic E-state index is -0.785. The Balaban J connectivity index is 2.03. The largest absolute Gasteiger partial charge is 0.410 e. The van der Waals surface area contributed by atoms with Crippen molar-refractivity contribution in [3.8, 4) is 16.9 Å². The molecule has 0 spiro atoms. The van der Waals surface area contributed by atoms with Gasteiger partial charge in [-0.2, -0.15) is 0 Å². The predicted molar refractivity (Wildman–Crippen MR) is 86.9 cm³/mol. The maximum atomic E-state index is 11.1. The molecule has 4 nitrogen and oxygen atoms in total. The molecular weight excluding hydrogens is 276 g/mol. The number of hydrogen-bond donors (Lipinski definition) is 2. The zero-order chi connectivity index (χ0) is 15.4. The number of nitrogens with two attached hydrogens (primary N) is 1. The number of benzene rings is 2. The van der Waals surface area contributed by atoms with Crippen molar-refractivity contribution in [2.45, 2.75) is 18.8 Å². The quantitative estimate of drug-likeness (QED) is 0.913. The summed E-state index contributed by atoms with van der Waals surface area (Å²) in [6.07, 6.45) is 1.46. The minimum Gasteiger partial charge on any atom is -0.410 e. The van der Waals surface area contributed by atoms with E-state index in [1.807, 2.05) is 24.3 Å². The van der Waals surface area contributed by atoms with Gasteiger partial charge in [0.05, 0.1) is 0 Å². The Morgan fingerprint density at radius 3 is 2.36 bits per heavy atom. The second-order valence-electron chi connectivity index (χ2n) is 5.53. The lowest BCUT2D eigenvalue weighted by atomic mass is 9.85. The third kappa shape index (κ3) is 3.12. The average molecular weight is 296 g/mol. The Hall–Kier alpha value is -2.33. The van der Waals surface area contributed by atoms with Crippen molar-refractivity contribution >= 4 is 6.09 Å². The molecule has 1 amide bonds. The molecule has 0 radical (unpaired) electrons. The van der Waals surface area contributed by atoms with Gasteiger partial charge in [-0.3, -0.25) is 0 Å². The van der Waals surface area contributed by atoms with Crippen LogP contribution in [-0.2, 0) is 0 Å². The third-order valence-electron chi connectivity index (χ3n) is 4.13. The van der Waals surface area contributed by atoms with Gasteiger partial charge in [0.1, 0.15) is 5.75 Å². The maximum absolute atomic E-state index is 11.1. The van der Waals surface area contributed by atoms with E-state index in [1.165, 1.54) is 5.56 Å². The first kappa shape index (κ1) is 14.6. The van der Waals surface area contributed by atoms with Crippen LogP contribution in [0, 0.1) is 0 Å². The van der Waals surface area contributed by atoms with Gasteiger partial charge in [-0.1, -0.05) is 42.5 Å². The molecule has 1 aliphatic rings. The topological polar surface area (TPSA) is 64.4 Å². The molecule has 0 atom stereocenters. The standard InChI is InChI=1S/C18H20N2O2/c19-18(21)22-17-8-4-3-7-16(17)15-6-2-1-5-14(15)13-9-11-20-12-10-13/h1-8,13,20H,9-12H2,(H2,19,21). The normalized spacial score (nSPS) is 15.5. The summed E-state index contributed by atoms with van der Waals surface area (Å²) in [4.78, 5) is 11.1. The van der Waals surface area contributed by atoms with Gasteiger partial charge in [0.2, 0.25) is 0 Å². The van der Waals surface area contributed by atoms with Crippen LogP contribution in [0.25, 0.3) is 11.1 Å². The van der Waals surface area contributed by atoms with Crippen LogP contribution >= 0.6 is 0 Å². The van der Waals surface area contributed by atoms with E-state index in [4.69, 9.17) is 10.5 Å². The fourth-order valence-electron chi connectivity index (χ4n) is 3.12. The number of rotatable bonds is 3. The summed E-state index contributed by atoms with van der Waals surface area (Å²) in [5.41, 5.74) is 8.52. The number of ether oxygens (including phenoxy) is 1. The van der Waals surface area contributed by atoms with E-state index in [2.05, 4.69) is 23.5 Å². The van der Waals surface area contributed by atoms with Crippen molar-refractivity contribution < 1.29 is 9.53 Å². The second-order valence-corrected chi connectivity index (χ2v) is 5.53. The molecule has 2 aromatic carbocycles. The van der Waals surface area contributed by atoms with Gasteiger partial charge in [-0.15, -0.1) is 0 Å².